The minimum atomic E-state index is -0.138. The first-order valence-corrected chi connectivity index (χ1v) is 9.14. The summed E-state index contributed by atoms with van der Waals surface area (Å²) >= 11 is 0. The van der Waals surface area contributed by atoms with Crippen molar-refractivity contribution in [3.05, 3.63) is 54.1 Å². The molecule has 2 rings (SSSR count). The van der Waals surface area contributed by atoms with Crippen molar-refractivity contribution in [2.45, 2.75) is 20.8 Å². The summed E-state index contributed by atoms with van der Waals surface area (Å²) in [6, 6.07) is 15.0. The van der Waals surface area contributed by atoms with Gasteiger partial charge in [-0.2, -0.15) is 0 Å². The second kappa shape index (κ2) is 10.5. The van der Waals surface area contributed by atoms with E-state index in [2.05, 4.69) is 24.1 Å². The maximum absolute atomic E-state index is 12.4. The fourth-order valence-corrected chi connectivity index (χ4v) is 2.61. The summed E-state index contributed by atoms with van der Waals surface area (Å²) in [7, 11) is 0. The lowest BCUT2D eigenvalue weighted by Gasteiger charge is -2.21. The van der Waals surface area contributed by atoms with E-state index in [0.29, 0.717) is 25.4 Å². The fourth-order valence-electron chi connectivity index (χ4n) is 2.61. The van der Waals surface area contributed by atoms with Crippen molar-refractivity contribution >= 4 is 17.3 Å². The van der Waals surface area contributed by atoms with Gasteiger partial charge in [0, 0.05) is 36.6 Å². The SMILES string of the molecule is CCOCCOc1ccc(C(=O)Nc2ccc(N(CC)CC)cc2)cc1. The highest BCUT2D eigenvalue weighted by Crippen LogP contribution is 2.19. The van der Waals surface area contributed by atoms with Crippen LogP contribution >= 0.6 is 0 Å². The molecule has 0 heterocycles. The van der Waals surface area contributed by atoms with Gasteiger partial charge in [0.25, 0.3) is 5.91 Å². The van der Waals surface area contributed by atoms with Gasteiger partial charge in [0.2, 0.25) is 0 Å². The molecule has 0 aliphatic rings. The van der Waals surface area contributed by atoms with Crippen LogP contribution in [0.3, 0.4) is 0 Å². The second-order valence-electron chi connectivity index (χ2n) is 5.74. The Morgan fingerprint density at radius 1 is 0.923 bits per heavy atom. The fraction of sp³-hybridized carbons (Fsp3) is 0.381. The zero-order valence-electron chi connectivity index (χ0n) is 15.8. The lowest BCUT2D eigenvalue weighted by molar-refractivity contribution is 0.102. The normalized spacial score (nSPS) is 10.4. The molecule has 0 aromatic heterocycles. The van der Waals surface area contributed by atoms with Crippen molar-refractivity contribution in [1.82, 2.24) is 0 Å². The first-order valence-electron chi connectivity index (χ1n) is 9.14. The van der Waals surface area contributed by atoms with Crippen LogP contribution in [0.15, 0.2) is 48.5 Å². The molecule has 0 radical (unpaired) electrons. The van der Waals surface area contributed by atoms with Crippen LogP contribution in [-0.2, 0) is 4.74 Å². The van der Waals surface area contributed by atoms with Crippen LogP contribution in [0.2, 0.25) is 0 Å². The smallest absolute Gasteiger partial charge is 0.255 e. The minimum Gasteiger partial charge on any atom is -0.491 e. The quantitative estimate of drug-likeness (QED) is 0.648. The van der Waals surface area contributed by atoms with Crippen LogP contribution in [0.5, 0.6) is 5.75 Å². The van der Waals surface area contributed by atoms with E-state index in [9.17, 15) is 4.79 Å². The number of nitrogens with zero attached hydrogens (tertiary/aromatic N) is 1. The highest BCUT2D eigenvalue weighted by molar-refractivity contribution is 6.04. The van der Waals surface area contributed by atoms with Crippen LogP contribution in [0.1, 0.15) is 31.1 Å². The van der Waals surface area contributed by atoms with Crippen molar-refractivity contribution in [2.24, 2.45) is 0 Å². The van der Waals surface area contributed by atoms with E-state index in [0.717, 1.165) is 30.2 Å². The van der Waals surface area contributed by atoms with Gasteiger partial charge >= 0.3 is 0 Å². The van der Waals surface area contributed by atoms with E-state index in [1.165, 1.54) is 0 Å². The molecule has 1 amide bonds. The van der Waals surface area contributed by atoms with Gasteiger partial charge in [-0.1, -0.05) is 0 Å². The van der Waals surface area contributed by atoms with Crippen molar-refractivity contribution in [3.8, 4) is 5.75 Å². The average Bonchev–Trinajstić information content (AvgIpc) is 2.68. The Morgan fingerprint density at radius 2 is 1.58 bits per heavy atom. The Morgan fingerprint density at radius 3 is 2.15 bits per heavy atom. The highest BCUT2D eigenvalue weighted by Gasteiger charge is 2.07. The first-order chi connectivity index (χ1) is 12.7. The number of carbonyl (C=O) groups is 1. The van der Waals surface area contributed by atoms with E-state index < -0.39 is 0 Å². The lowest BCUT2D eigenvalue weighted by Crippen LogP contribution is -2.21. The Bertz CT molecular complexity index is 665. The third-order valence-corrected chi connectivity index (χ3v) is 4.07. The minimum absolute atomic E-state index is 0.138. The van der Waals surface area contributed by atoms with E-state index in [1.54, 1.807) is 24.3 Å². The molecular weight excluding hydrogens is 328 g/mol. The summed E-state index contributed by atoms with van der Waals surface area (Å²) < 4.78 is 10.8. The molecule has 2 aromatic carbocycles. The summed E-state index contributed by atoms with van der Waals surface area (Å²) in [5, 5.41) is 2.92. The maximum atomic E-state index is 12.4. The van der Waals surface area contributed by atoms with E-state index in [-0.39, 0.29) is 5.91 Å². The number of hydrogen-bond acceptors (Lipinski definition) is 4. The average molecular weight is 356 g/mol. The molecule has 5 heteroatoms. The van der Waals surface area contributed by atoms with E-state index in [4.69, 9.17) is 9.47 Å². The molecule has 0 saturated carbocycles. The number of amides is 1. The van der Waals surface area contributed by atoms with Gasteiger partial charge < -0.3 is 19.7 Å². The Hall–Kier alpha value is -2.53. The van der Waals surface area contributed by atoms with E-state index >= 15 is 0 Å². The van der Waals surface area contributed by atoms with Gasteiger partial charge in [0.05, 0.1) is 6.61 Å². The summed E-state index contributed by atoms with van der Waals surface area (Å²) in [6.07, 6.45) is 0. The molecule has 0 unspecified atom stereocenters. The molecule has 0 spiro atoms. The number of carbonyl (C=O) groups excluding carboxylic acids is 1. The number of rotatable bonds is 10. The van der Waals surface area contributed by atoms with E-state index in [1.807, 2.05) is 31.2 Å². The third-order valence-electron chi connectivity index (χ3n) is 4.07. The lowest BCUT2D eigenvalue weighted by atomic mass is 10.2. The largest absolute Gasteiger partial charge is 0.491 e. The Balaban J connectivity index is 1.90. The molecule has 2 aromatic rings. The Labute approximate surface area is 155 Å². The number of hydrogen-bond donors (Lipinski definition) is 1. The predicted octanol–water partition coefficient (Wildman–Crippen LogP) is 4.20. The molecule has 1 N–H and O–H groups in total. The zero-order valence-corrected chi connectivity index (χ0v) is 15.8. The number of nitrogens with one attached hydrogen (secondary N) is 1. The van der Waals surface area contributed by atoms with Crippen LogP contribution in [0.25, 0.3) is 0 Å². The number of benzene rings is 2. The highest BCUT2D eigenvalue weighted by atomic mass is 16.5. The molecular formula is C21H28N2O3. The molecule has 0 fully saturated rings. The standard InChI is InChI=1S/C21H28N2O3/c1-4-23(5-2)19-11-9-18(10-12-19)22-21(24)17-7-13-20(14-8-17)26-16-15-25-6-3/h7-14H,4-6,15-16H2,1-3H3,(H,22,24). The summed E-state index contributed by atoms with van der Waals surface area (Å²) in [4.78, 5) is 14.6. The predicted molar refractivity (Wildman–Crippen MR) is 106 cm³/mol. The zero-order chi connectivity index (χ0) is 18.8. The first kappa shape index (κ1) is 19.8. The molecule has 0 saturated heterocycles. The number of ether oxygens (including phenoxy) is 2. The Kier molecular flexibility index (Phi) is 7.96. The molecule has 0 aliphatic carbocycles. The maximum Gasteiger partial charge on any atom is 0.255 e. The summed E-state index contributed by atoms with van der Waals surface area (Å²) in [6.45, 7) is 9.86. The van der Waals surface area contributed by atoms with Gasteiger partial charge in [0.1, 0.15) is 12.4 Å². The monoisotopic (exact) mass is 356 g/mol. The van der Waals surface area contributed by atoms with Crippen LogP contribution < -0.4 is 15.0 Å². The molecule has 26 heavy (non-hydrogen) atoms. The van der Waals surface area contributed by atoms with Gasteiger partial charge in [-0.3, -0.25) is 4.79 Å². The van der Waals surface area contributed by atoms with Gasteiger partial charge in [-0.05, 0) is 69.3 Å². The van der Waals surface area contributed by atoms with Gasteiger partial charge in [0.15, 0.2) is 0 Å². The second-order valence-corrected chi connectivity index (χ2v) is 5.74. The van der Waals surface area contributed by atoms with Gasteiger partial charge in [-0.25, -0.2) is 0 Å². The van der Waals surface area contributed by atoms with Crippen molar-refractivity contribution < 1.29 is 14.3 Å². The van der Waals surface area contributed by atoms with Crippen molar-refractivity contribution in [1.29, 1.82) is 0 Å². The molecule has 0 bridgehead atoms. The van der Waals surface area contributed by atoms with Gasteiger partial charge in [-0.15, -0.1) is 0 Å². The summed E-state index contributed by atoms with van der Waals surface area (Å²) in [5.74, 6) is 0.589. The van der Waals surface area contributed by atoms with Crippen molar-refractivity contribution in [2.75, 3.05) is 43.1 Å². The van der Waals surface area contributed by atoms with Crippen LogP contribution in [-0.4, -0.2) is 38.8 Å². The number of anilines is 2. The van der Waals surface area contributed by atoms with Crippen LogP contribution in [0.4, 0.5) is 11.4 Å². The summed E-state index contributed by atoms with van der Waals surface area (Å²) in [5.41, 5.74) is 2.53. The third kappa shape index (κ3) is 5.77. The molecule has 140 valence electrons. The van der Waals surface area contributed by atoms with Crippen molar-refractivity contribution in [3.63, 3.8) is 0 Å². The van der Waals surface area contributed by atoms with Crippen LogP contribution in [0, 0.1) is 0 Å². The molecule has 0 aliphatic heterocycles. The topological polar surface area (TPSA) is 50.8 Å². The molecule has 0 atom stereocenters. The molecule has 5 nitrogen and oxygen atoms in total.